The van der Waals surface area contributed by atoms with Crippen molar-refractivity contribution in [2.24, 2.45) is 0 Å². The van der Waals surface area contributed by atoms with Crippen LogP contribution in [0.2, 0.25) is 0 Å². The number of benzene rings is 7. The molecular weight excluding hydrogens is 657 g/mol. The lowest BCUT2D eigenvalue weighted by atomic mass is 10.0. The molecule has 0 radical (unpaired) electrons. The average molecular weight is 687 g/mol. The van der Waals surface area contributed by atoms with Crippen LogP contribution in [0.4, 0.5) is 0 Å². The van der Waals surface area contributed by atoms with Crippen LogP contribution < -0.4 is 0 Å². The smallest absolute Gasteiger partial charge is 0.138 e. The van der Waals surface area contributed by atoms with Gasteiger partial charge in [0.05, 0.1) is 22.1 Å². The van der Waals surface area contributed by atoms with E-state index >= 15 is 0 Å². The lowest BCUT2D eigenvalue weighted by Crippen LogP contribution is -1.98. The van der Waals surface area contributed by atoms with Crippen molar-refractivity contribution < 1.29 is 0 Å². The van der Waals surface area contributed by atoms with E-state index in [-0.39, 0.29) is 0 Å². The summed E-state index contributed by atoms with van der Waals surface area (Å²) in [5, 5.41) is 7.32. The summed E-state index contributed by atoms with van der Waals surface area (Å²) in [5.74, 6) is 0.913. The molecule has 0 unspecified atom stereocenters. The fraction of sp³-hybridized carbons (Fsp3) is 0. The van der Waals surface area contributed by atoms with Gasteiger partial charge in [-0.2, -0.15) is 0 Å². The fourth-order valence-corrected chi connectivity index (χ4v) is 8.95. The first kappa shape index (κ1) is 29.3. The standard InChI is InChI=1S/C50H30N4/c1-2-10-31(11-3-1)32-12-8-14-36(24-32)53-45-18-6-4-15-37(45)41-25-33(20-22-47(41)53)34-21-23-48-42(26-34)38-16-5-7-19-46(38)54(48)49-27-40-39-17-9-13-35-28-51-29-44(50(35)39)43(40)30-52-49/h1-30H. The average Bonchev–Trinajstić information content (AvgIpc) is 3.87. The quantitative estimate of drug-likeness (QED) is 0.185. The summed E-state index contributed by atoms with van der Waals surface area (Å²) in [5.41, 5.74) is 15.4. The summed E-state index contributed by atoms with van der Waals surface area (Å²) >= 11 is 0. The van der Waals surface area contributed by atoms with E-state index in [0.717, 1.165) is 39.1 Å². The summed E-state index contributed by atoms with van der Waals surface area (Å²) in [4.78, 5) is 9.62. The molecule has 0 bridgehead atoms. The van der Waals surface area contributed by atoms with Crippen LogP contribution >= 0.6 is 0 Å². The van der Waals surface area contributed by atoms with E-state index in [4.69, 9.17) is 4.98 Å². The van der Waals surface area contributed by atoms with E-state index in [9.17, 15) is 0 Å². The Morgan fingerprint density at radius 1 is 0.352 bits per heavy atom. The molecular formula is C50H30N4. The minimum atomic E-state index is 0.913. The zero-order valence-corrected chi connectivity index (χ0v) is 29.1. The van der Waals surface area contributed by atoms with Crippen LogP contribution in [-0.2, 0) is 0 Å². The molecule has 0 spiro atoms. The molecule has 0 atom stereocenters. The maximum Gasteiger partial charge on any atom is 0.138 e. The second-order valence-corrected chi connectivity index (χ2v) is 14.3. The molecule has 12 rings (SSSR count). The Morgan fingerprint density at radius 2 is 0.981 bits per heavy atom. The van der Waals surface area contributed by atoms with Crippen molar-refractivity contribution in [3.05, 3.63) is 182 Å². The van der Waals surface area contributed by atoms with E-state index in [1.54, 1.807) is 0 Å². The molecule has 0 fully saturated rings. The summed E-state index contributed by atoms with van der Waals surface area (Å²) in [6.07, 6.45) is 5.95. The SMILES string of the molecule is c1ccc(-c2cccc(-n3c4ccccc4c4cc(-c5ccc6c(c5)c5ccccc5n6-c5cc6c(cn5)-c5cncc7cccc-6c57)ccc43)c2)cc1. The van der Waals surface area contributed by atoms with Gasteiger partial charge >= 0.3 is 0 Å². The van der Waals surface area contributed by atoms with Crippen LogP contribution in [0.25, 0.3) is 110 Å². The third-order valence-corrected chi connectivity index (χ3v) is 11.4. The van der Waals surface area contributed by atoms with Gasteiger partial charge in [-0.15, -0.1) is 0 Å². The normalized spacial score (nSPS) is 12.1. The maximum absolute atomic E-state index is 5.09. The highest BCUT2D eigenvalue weighted by Crippen LogP contribution is 2.47. The van der Waals surface area contributed by atoms with Gasteiger partial charge in [0.15, 0.2) is 0 Å². The van der Waals surface area contributed by atoms with Crippen LogP contribution in [0, 0.1) is 0 Å². The molecule has 1 aliphatic carbocycles. The molecule has 1 aliphatic rings. The Hall–Kier alpha value is -7.30. The van der Waals surface area contributed by atoms with Crippen LogP contribution in [0.15, 0.2) is 182 Å². The summed E-state index contributed by atoms with van der Waals surface area (Å²) in [6, 6.07) is 59.4. The molecule has 250 valence electrons. The molecule has 0 saturated heterocycles. The monoisotopic (exact) mass is 686 g/mol. The third-order valence-electron chi connectivity index (χ3n) is 11.4. The van der Waals surface area contributed by atoms with Gasteiger partial charge in [0, 0.05) is 67.7 Å². The first-order valence-electron chi connectivity index (χ1n) is 18.4. The number of pyridine rings is 2. The van der Waals surface area contributed by atoms with E-state index in [2.05, 4.69) is 178 Å². The van der Waals surface area contributed by atoms with Crippen molar-refractivity contribution in [1.29, 1.82) is 0 Å². The number of hydrogen-bond acceptors (Lipinski definition) is 2. The van der Waals surface area contributed by atoms with Crippen LogP contribution in [-0.4, -0.2) is 19.1 Å². The van der Waals surface area contributed by atoms with E-state index in [0.29, 0.717) is 0 Å². The first-order chi connectivity index (χ1) is 26.8. The molecule has 7 aromatic carbocycles. The largest absolute Gasteiger partial charge is 0.309 e. The molecule has 4 nitrogen and oxygen atoms in total. The van der Waals surface area contributed by atoms with E-state index < -0.39 is 0 Å². The van der Waals surface area contributed by atoms with Crippen LogP contribution in [0.5, 0.6) is 0 Å². The van der Waals surface area contributed by atoms with Gasteiger partial charge in [-0.1, -0.05) is 109 Å². The topological polar surface area (TPSA) is 35.6 Å². The summed E-state index contributed by atoms with van der Waals surface area (Å²) < 4.78 is 4.72. The van der Waals surface area contributed by atoms with Crippen molar-refractivity contribution in [2.75, 3.05) is 0 Å². The van der Waals surface area contributed by atoms with Crippen molar-refractivity contribution in [3.63, 3.8) is 0 Å². The fourth-order valence-electron chi connectivity index (χ4n) is 8.95. The highest BCUT2D eigenvalue weighted by molar-refractivity contribution is 6.16. The molecule has 0 N–H and O–H groups in total. The van der Waals surface area contributed by atoms with Crippen LogP contribution in [0.1, 0.15) is 0 Å². The third kappa shape index (κ3) is 4.13. The zero-order chi connectivity index (χ0) is 35.3. The van der Waals surface area contributed by atoms with Crippen molar-refractivity contribution >= 4 is 54.4 Å². The summed E-state index contributed by atoms with van der Waals surface area (Å²) in [7, 11) is 0. The predicted octanol–water partition coefficient (Wildman–Crippen LogP) is 12.8. The van der Waals surface area contributed by atoms with Gasteiger partial charge in [-0.3, -0.25) is 9.55 Å². The van der Waals surface area contributed by atoms with Crippen molar-refractivity contribution in [2.45, 2.75) is 0 Å². The Balaban J connectivity index is 1.01. The highest BCUT2D eigenvalue weighted by atomic mass is 15.1. The highest BCUT2D eigenvalue weighted by Gasteiger charge is 2.24. The number of hydrogen-bond donors (Lipinski definition) is 0. The molecule has 54 heavy (non-hydrogen) atoms. The van der Waals surface area contributed by atoms with Gasteiger partial charge < -0.3 is 4.57 Å². The van der Waals surface area contributed by atoms with Gasteiger partial charge in [0.1, 0.15) is 5.82 Å². The van der Waals surface area contributed by atoms with Crippen LogP contribution in [0.3, 0.4) is 0 Å². The molecule has 4 heteroatoms. The molecule has 0 amide bonds. The molecule has 4 heterocycles. The number of fused-ring (bicyclic) bond motifs is 9. The molecule has 4 aromatic heterocycles. The van der Waals surface area contributed by atoms with Gasteiger partial charge in [0.25, 0.3) is 0 Å². The van der Waals surface area contributed by atoms with Gasteiger partial charge in [-0.25, -0.2) is 4.98 Å². The Morgan fingerprint density at radius 3 is 1.76 bits per heavy atom. The first-order valence-corrected chi connectivity index (χ1v) is 18.4. The maximum atomic E-state index is 5.09. The molecule has 0 saturated carbocycles. The Bertz CT molecular complexity index is 3330. The lowest BCUT2D eigenvalue weighted by Gasteiger charge is -2.11. The lowest BCUT2D eigenvalue weighted by molar-refractivity contribution is 1.08. The van der Waals surface area contributed by atoms with Crippen molar-refractivity contribution in [1.82, 2.24) is 19.1 Å². The Labute approximate surface area is 310 Å². The predicted molar refractivity (Wildman–Crippen MR) is 224 cm³/mol. The zero-order valence-electron chi connectivity index (χ0n) is 29.1. The molecule has 11 aromatic rings. The number of nitrogens with zero attached hydrogens (tertiary/aromatic N) is 4. The number of rotatable bonds is 4. The summed E-state index contributed by atoms with van der Waals surface area (Å²) in [6.45, 7) is 0. The Kier molecular flexibility index (Phi) is 6.02. The number of para-hydroxylation sites is 2. The minimum Gasteiger partial charge on any atom is -0.309 e. The van der Waals surface area contributed by atoms with E-state index in [1.807, 2.05) is 18.6 Å². The van der Waals surface area contributed by atoms with Gasteiger partial charge in [0.2, 0.25) is 0 Å². The second kappa shape index (κ2) is 11.1. The molecule has 0 aliphatic heterocycles. The van der Waals surface area contributed by atoms with Gasteiger partial charge in [-0.05, 0) is 88.0 Å². The number of aromatic nitrogens is 4. The van der Waals surface area contributed by atoms with Crippen molar-refractivity contribution in [3.8, 4) is 56.0 Å². The second-order valence-electron chi connectivity index (χ2n) is 14.3. The minimum absolute atomic E-state index is 0.913. The van der Waals surface area contributed by atoms with E-state index in [1.165, 1.54) is 71.3 Å².